The van der Waals surface area contributed by atoms with Crippen molar-refractivity contribution in [1.82, 2.24) is 4.90 Å². The minimum absolute atomic E-state index is 0.0208. The summed E-state index contributed by atoms with van der Waals surface area (Å²) in [7, 11) is 3.40. The van der Waals surface area contributed by atoms with Crippen LogP contribution in [0.2, 0.25) is 0 Å². The van der Waals surface area contributed by atoms with E-state index in [9.17, 15) is 4.79 Å². The lowest BCUT2D eigenvalue weighted by Crippen LogP contribution is -2.26. The third kappa shape index (κ3) is 3.52. The average Bonchev–Trinajstić information content (AvgIpc) is 1.63. The van der Waals surface area contributed by atoms with Crippen LogP contribution < -0.4 is 5.73 Å². The molecular weight excluding hydrogens is 118 g/mol. The van der Waals surface area contributed by atoms with Crippen molar-refractivity contribution in [2.45, 2.75) is 6.42 Å². The van der Waals surface area contributed by atoms with E-state index in [4.69, 9.17) is 11.1 Å². The van der Waals surface area contributed by atoms with Gasteiger partial charge in [0.25, 0.3) is 0 Å². The second-order valence-electron chi connectivity index (χ2n) is 1.98. The molecule has 0 heterocycles. The molecule has 3 N–H and O–H groups in total. The topological polar surface area (TPSA) is 70.2 Å². The fraction of sp³-hybridized carbons (Fsp3) is 0.600. The maximum Gasteiger partial charge on any atom is 0.224 e. The van der Waals surface area contributed by atoms with Gasteiger partial charge in [-0.1, -0.05) is 0 Å². The van der Waals surface area contributed by atoms with Crippen LogP contribution in [0.1, 0.15) is 6.42 Å². The van der Waals surface area contributed by atoms with Gasteiger partial charge in [0.2, 0.25) is 5.91 Å². The maximum atomic E-state index is 10.2. The van der Waals surface area contributed by atoms with Crippen molar-refractivity contribution in [3.05, 3.63) is 0 Å². The van der Waals surface area contributed by atoms with Gasteiger partial charge in [0.05, 0.1) is 6.42 Å². The first-order chi connectivity index (χ1) is 4.04. The Morgan fingerprint density at radius 1 is 1.67 bits per heavy atom. The van der Waals surface area contributed by atoms with Crippen molar-refractivity contribution >= 4 is 11.7 Å². The monoisotopic (exact) mass is 129 g/mol. The summed E-state index contributed by atoms with van der Waals surface area (Å²) in [5.74, 6) is -0.226. The van der Waals surface area contributed by atoms with Gasteiger partial charge in [-0.15, -0.1) is 0 Å². The molecule has 0 fully saturated rings. The van der Waals surface area contributed by atoms with Crippen molar-refractivity contribution in [3.8, 4) is 0 Å². The van der Waals surface area contributed by atoms with Gasteiger partial charge in [0.15, 0.2) is 0 Å². The van der Waals surface area contributed by atoms with Crippen LogP contribution in [-0.4, -0.2) is 30.7 Å². The van der Waals surface area contributed by atoms with Crippen LogP contribution in [-0.2, 0) is 4.79 Å². The highest BCUT2D eigenvalue weighted by Gasteiger charge is 2.01. The van der Waals surface area contributed by atoms with E-state index in [1.807, 2.05) is 0 Å². The van der Waals surface area contributed by atoms with Gasteiger partial charge < -0.3 is 10.6 Å². The molecule has 52 valence electrons. The Balaban J connectivity index is 3.64. The fourth-order valence-corrected chi connectivity index (χ4v) is 0.323. The van der Waals surface area contributed by atoms with E-state index in [1.54, 1.807) is 19.0 Å². The van der Waals surface area contributed by atoms with Crippen LogP contribution in [0.4, 0.5) is 0 Å². The third-order valence-corrected chi connectivity index (χ3v) is 0.882. The first kappa shape index (κ1) is 7.94. The highest BCUT2D eigenvalue weighted by atomic mass is 16.1. The van der Waals surface area contributed by atoms with Gasteiger partial charge in [-0.25, -0.2) is 0 Å². The predicted molar refractivity (Wildman–Crippen MR) is 35.2 cm³/mol. The van der Waals surface area contributed by atoms with Crippen LogP contribution in [0.25, 0.3) is 0 Å². The molecule has 0 aromatic rings. The molecule has 0 aromatic carbocycles. The Bertz CT molecular complexity index is 130. The molecule has 0 atom stereocenters. The Hall–Kier alpha value is -1.06. The van der Waals surface area contributed by atoms with E-state index in [0.29, 0.717) is 0 Å². The first-order valence-electron chi connectivity index (χ1n) is 2.57. The van der Waals surface area contributed by atoms with E-state index >= 15 is 0 Å². The van der Waals surface area contributed by atoms with Crippen LogP contribution in [0, 0.1) is 5.41 Å². The molecule has 0 bridgehead atoms. The summed E-state index contributed by atoms with van der Waals surface area (Å²) in [6.45, 7) is 0. The molecule has 0 unspecified atom stereocenters. The summed E-state index contributed by atoms with van der Waals surface area (Å²) in [4.78, 5) is 11.7. The zero-order chi connectivity index (χ0) is 7.44. The predicted octanol–water partition coefficient (Wildman–Crippen LogP) is -0.599. The lowest BCUT2D eigenvalue weighted by atomic mass is 10.3. The number of carbonyl (C=O) groups excluding carboxylic acids is 1. The molecule has 0 radical (unpaired) electrons. The van der Waals surface area contributed by atoms with Crippen molar-refractivity contribution in [3.63, 3.8) is 0 Å². The van der Waals surface area contributed by atoms with Crippen molar-refractivity contribution in [1.29, 1.82) is 5.41 Å². The highest BCUT2D eigenvalue weighted by molar-refractivity contribution is 5.97. The lowest BCUT2D eigenvalue weighted by molar-refractivity contribution is -0.117. The number of amides is 1. The Labute approximate surface area is 54.1 Å². The van der Waals surface area contributed by atoms with Crippen molar-refractivity contribution < 1.29 is 4.79 Å². The maximum absolute atomic E-state index is 10.2. The average molecular weight is 129 g/mol. The van der Waals surface area contributed by atoms with E-state index in [-0.39, 0.29) is 12.3 Å². The standard InChI is InChI=1S/C5H11N3O/c1-8(2)4(6)3-5(7)9/h6H,3H2,1-2H3,(H2,7,9). The molecule has 0 aliphatic carbocycles. The van der Waals surface area contributed by atoms with Gasteiger partial charge in [0, 0.05) is 14.1 Å². The Morgan fingerprint density at radius 3 is 2.22 bits per heavy atom. The van der Waals surface area contributed by atoms with Crippen LogP contribution in [0.5, 0.6) is 0 Å². The Morgan fingerprint density at radius 2 is 2.11 bits per heavy atom. The number of nitrogens with one attached hydrogen (secondary N) is 1. The van der Waals surface area contributed by atoms with Gasteiger partial charge in [-0.05, 0) is 0 Å². The van der Waals surface area contributed by atoms with Gasteiger partial charge in [-0.3, -0.25) is 10.2 Å². The van der Waals surface area contributed by atoms with Gasteiger partial charge >= 0.3 is 0 Å². The van der Waals surface area contributed by atoms with E-state index in [0.717, 1.165) is 0 Å². The minimum Gasteiger partial charge on any atom is -0.369 e. The molecule has 0 aromatic heterocycles. The normalized spacial score (nSPS) is 8.67. The first-order valence-corrected chi connectivity index (χ1v) is 2.57. The van der Waals surface area contributed by atoms with Gasteiger partial charge in [0.1, 0.15) is 5.84 Å². The molecular formula is C5H11N3O. The number of nitrogens with zero attached hydrogens (tertiary/aromatic N) is 1. The highest BCUT2D eigenvalue weighted by Crippen LogP contribution is 1.84. The molecule has 0 aliphatic heterocycles. The smallest absolute Gasteiger partial charge is 0.224 e. The number of primary amides is 1. The SMILES string of the molecule is CN(C)C(=N)CC(N)=O. The zero-order valence-corrected chi connectivity index (χ0v) is 5.64. The number of nitrogens with two attached hydrogens (primary N) is 1. The summed E-state index contributed by atoms with van der Waals surface area (Å²) in [6, 6.07) is 0. The summed E-state index contributed by atoms with van der Waals surface area (Å²) in [6.07, 6.45) is 0.0208. The quantitative estimate of drug-likeness (QED) is 0.386. The van der Waals surface area contributed by atoms with E-state index < -0.39 is 5.91 Å². The zero-order valence-electron chi connectivity index (χ0n) is 5.64. The molecule has 4 heteroatoms. The molecule has 0 spiro atoms. The van der Waals surface area contributed by atoms with E-state index in [1.165, 1.54) is 0 Å². The minimum atomic E-state index is -0.464. The molecule has 0 saturated carbocycles. The second kappa shape index (κ2) is 3.06. The molecule has 9 heavy (non-hydrogen) atoms. The van der Waals surface area contributed by atoms with Crippen molar-refractivity contribution in [2.24, 2.45) is 5.73 Å². The van der Waals surface area contributed by atoms with Crippen LogP contribution in [0.15, 0.2) is 0 Å². The third-order valence-electron chi connectivity index (χ3n) is 0.882. The largest absolute Gasteiger partial charge is 0.369 e. The van der Waals surface area contributed by atoms with Crippen LogP contribution >= 0.6 is 0 Å². The summed E-state index contributed by atoms with van der Waals surface area (Å²) >= 11 is 0. The Kier molecular flexibility index (Phi) is 2.70. The summed E-state index contributed by atoms with van der Waals surface area (Å²) in [5.41, 5.74) is 4.82. The number of carbonyl (C=O) groups is 1. The molecule has 0 aliphatic rings. The van der Waals surface area contributed by atoms with E-state index in [2.05, 4.69) is 0 Å². The number of amidine groups is 1. The summed E-state index contributed by atoms with van der Waals surface area (Å²) < 4.78 is 0. The molecule has 0 rings (SSSR count). The van der Waals surface area contributed by atoms with Crippen molar-refractivity contribution in [2.75, 3.05) is 14.1 Å². The molecule has 4 nitrogen and oxygen atoms in total. The second-order valence-corrected chi connectivity index (χ2v) is 1.98. The number of rotatable bonds is 2. The lowest BCUT2D eigenvalue weighted by Gasteiger charge is -2.10. The van der Waals surface area contributed by atoms with Gasteiger partial charge in [-0.2, -0.15) is 0 Å². The molecule has 1 amide bonds. The summed E-state index contributed by atoms with van der Waals surface area (Å²) in [5, 5.41) is 7.10. The molecule has 0 saturated heterocycles. The number of hydrogen-bond donors (Lipinski definition) is 2. The number of hydrogen-bond acceptors (Lipinski definition) is 2. The fourth-order valence-electron chi connectivity index (χ4n) is 0.323. The van der Waals surface area contributed by atoms with Crippen LogP contribution in [0.3, 0.4) is 0 Å².